The first-order valence-electron chi connectivity index (χ1n) is 6.66. The highest BCUT2D eigenvalue weighted by atomic mass is 79.9. The van der Waals surface area contributed by atoms with Crippen LogP contribution in [0.25, 0.3) is 0 Å². The number of carbonyl (C=O) groups excluding carboxylic acids is 1. The summed E-state index contributed by atoms with van der Waals surface area (Å²) in [5.74, 6) is 0.562. The Kier molecular flexibility index (Phi) is 4.34. The van der Waals surface area contributed by atoms with Crippen molar-refractivity contribution in [3.8, 4) is 0 Å². The van der Waals surface area contributed by atoms with Crippen LogP contribution in [0.15, 0.2) is 16.6 Å². The third-order valence-corrected chi connectivity index (χ3v) is 4.64. The van der Waals surface area contributed by atoms with Gasteiger partial charge in [0.1, 0.15) is 5.82 Å². The predicted molar refractivity (Wildman–Crippen MR) is 81.9 cm³/mol. The van der Waals surface area contributed by atoms with Crippen LogP contribution in [-0.4, -0.2) is 40.7 Å². The second-order valence-electron chi connectivity index (χ2n) is 5.52. The van der Waals surface area contributed by atoms with Crippen molar-refractivity contribution in [2.45, 2.75) is 39.3 Å². The number of pyridine rings is 1. The summed E-state index contributed by atoms with van der Waals surface area (Å²) in [5.41, 5.74) is 0.511. The van der Waals surface area contributed by atoms with E-state index in [4.69, 9.17) is 4.74 Å². The molecule has 0 bridgehead atoms. The van der Waals surface area contributed by atoms with Crippen LogP contribution in [-0.2, 0) is 4.74 Å². The molecule has 1 saturated heterocycles. The number of aryl methyl sites for hydroxylation is 1. The van der Waals surface area contributed by atoms with Gasteiger partial charge in [-0.25, -0.2) is 9.78 Å². The molecular formula is C14H20BrN3O2. The van der Waals surface area contributed by atoms with Crippen molar-refractivity contribution in [3.05, 3.63) is 22.3 Å². The van der Waals surface area contributed by atoms with Gasteiger partial charge in [0.2, 0.25) is 0 Å². The number of morpholine rings is 1. The quantitative estimate of drug-likeness (QED) is 0.853. The fourth-order valence-corrected chi connectivity index (χ4v) is 2.39. The van der Waals surface area contributed by atoms with Crippen LogP contribution in [0.3, 0.4) is 0 Å². The lowest BCUT2D eigenvalue weighted by Gasteiger charge is -2.44. The molecule has 6 heteroatoms. The van der Waals surface area contributed by atoms with Crippen LogP contribution >= 0.6 is 15.9 Å². The Hall–Kier alpha value is -1.14. The van der Waals surface area contributed by atoms with E-state index in [1.807, 2.05) is 33.8 Å². The van der Waals surface area contributed by atoms with Gasteiger partial charge in [-0.3, -0.25) is 5.32 Å². The number of halogens is 1. The lowest BCUT2D eigenvalue weighted by atomic mass is 9.97. The Morgan fingerprint density at radius 2 is 2.25 bits per heavy atom. The zero-order valence-corrected chi connectivity index (χ0v) is 13.8. The summed E-state index contributed by atoms with van der Waals surface area (Å²) in [6.45, 7) is 9.03. The van der Waals surface area contributed by atoms with Gasteiger partial charge in [-0.05, 0) is 55.8 Å². The number of urea groups is 1. The number of nitrogens with one attached hydrogen (secondary N) is 1. The molecule has 2 rings (SSSR count). The van der Waals surface area contributed by atoms with E-state index in [2.05, 4.69) is 26.2 Å². The monoisotopic (exact) mass is 341 g/mol. The number of rotatable bonds is 1. The first-order chi connectivity index (χ1) is 9.31. The zero-order chi connectivity index (χ0) is 14.9. The molecule has 1 aromatic rings. The number of amides is 2. The van der Waals surface area contributed by atoms with Crippen molar-refractivity contribution in [2.75, 3.05) is 18.5 Å². The van der Waals surface area contributed by atoms with E-state index in [0.717, 1.165) is 10.2 Å². The number of hydrogen-bond acceptors (Lipinski definition) is 3. The van der Waals surface area contributed by atoms with Gasteiger partial charge in [0, 0.05) is 11.0 Å². The first-order valence-corrected chi connectivity index (χ1v) is 7.45. The lowest BCUT2D eigenvalue weighted by molar-refractivity contribution is -0.105. The minimum absolute atomic E-state index is 0.00722. The number of aromatic nitrogens is 1. The molecule has 2 amide bonds. The number of ether oxygens (including phenoxy) is 1. The largest absolute Gasteiger partial charge is 0.372 e. The van der Waals surface area contributed by atoms with Gasteiger partial charge < -0.3 is 9.64 Å². The van der Waals surface area contributed by atoms with E-state index in [1.54, 1.807) is 11.0 Å². The first kappa shape index (κ1) is 15.3. The molecule has 1 aromatic heterocycles. The van der Waals surface area contributed by atoms with E-state index in [0.29, 0.717) is 19.0 Å². The number of hydrogen-bond donors (Lipinski definition) is 1. The molecule has 0 spiro atoms. The molecule has 0 aromatic carbocycles. The van der Waals surface area contributed by atoms with Gasteiger partial charge in [-0.1, -0.05) is 0 Å². The van der Waals surface area contributed by atoms with Gasteiger partial charge in [-0.2, -0.15) is 0 Å². The number of nitrogens with zero attached hydrogens (tertiary/aromatic N) is 2. The molecule has 110 valence electrons. The van der Waals surface area contributed by atoms with E-state index in [9.17, 15) is 4.79 Å². The van der Waals surface area contributed by atoms with E-state index >= 15 is 0 Å². The van der Waals surface area contributed by atoms with Crippen LogP contribution in [0.2, 0.25) is 0 Å². The van der Waals surface area contributed by atoms with Crippen molar-refractivity contribution in [1.82, 2.24) is 9.88 Å². The minimum atomic E-state index is -0.335. The highest BCUT2D eigenvalue weighted by Crippen LogP contribution is 2.25. The maximum absolute atomic E-state index is 12.4. The number of anilines is 1. The second kappa shape index (κ2) is 5.69. The molecule has 0 radical (unpaired) electrons. The maximum atomic E-state index is 12.4. The SMILES string of the molecule is Cc1nc(NC(=O)N2CCOC(C)(C)[C@@H]2C)ccc1Br. The fraction of sp³-hybridized carbons (Fsp3) is 0.571. The molecule has 1 fully saturated rings. The molecule has 1 N–H and O–H groups in total. The van der Waals surface area contributed by atoms with E-state index < -0.39 is 0 Å². The van der Waals surface area contributed by atoms with Crippen molar-refractivity contribution in [3.63, 3.8) is 0 Å². The lowest BCUT2D eigenvalue weighted by Crippen LogP contribution is -2.58. The van der Waals surface area contributed by atoms with E-state index in [1.165, 1.54) is 0 Å². The van der Waals surface area contributed by atoms with Crippen LogP contribution in [0.4, 0.5) is 10.6 Å². The van der Waals surface area contributed by atoms with Crippen molar-refractivity contribution >= 4 is 27.8 Å². The fourth-order valence-electron chi connectivity index (χ4n) is 2.17. The third kappa shape index (κ3) is 3.12. The van der Waals surface area contributed by atoms with Crippen LogP contribution in [0.1, 0.15) is 26.5 Å². The highest BCUT2D eigenvalue weighted by molar-refractivity contribution is 9.10. The molecule has 1 atom stereocenters. The standard InChI is InChI=1S/C14H20BrN3O2/c1-9-11(15)5-6-12(16-9)17-13(19)18-7-8-20-14(3,4)10(18)2/h5-6,10H,7-8H2,1-4H3,(H,16,17,19)/t10-/m0/s1. The molecule has 2 heterocycles. The van der Waals surface area contributed by atoms with Crippen LogP contribution in [0.5, 0.6) is 0 Å². The maximum Gasteiger partial charge on any atom is 0.323 e. The normalized spacial score (nSPS) is 21.6. The van der Waals surface area contributed by atoms with Gasteiger partial charge in [-0.15, -0.1) is 0 Å². The molecule has 1 aliphatic heterocycles. The predicted octanol–water partition coefficient (Wildman–Crippen LogP) is 3.18. The topological polar surface area (TPSA) is 54.5 Å². The summed E-state index contributed by atoms with van der Waals surface area (Å²) in [4.78, 5) is 18.5. The third-order valence-electron chi connectivity index (χ3n) is 3.80. The van der Waals surface area contributed by atoms with Crippen LogP contribution < -0.4 is 5.32 Å². The van der Waals surface area contributed by atoms with Gasteiger partial charge in [0.05, 0.1) is 23.9 Å². The minimum Gasteiger partial charge on any atom is -0.372 e. The van der Waals surface area contributed by atoms with Crippen molar-refractivity contribution < 1.29 is 9.53 Å². The summed E-state index contributed by atoms with van der Waals surface area (Å²) in [7, 11) is 0. The summed E-state index contributed by atoms with van der Waals surface area (Å²) in [5, 5.41) is 2.85. The second-order valence-corrected chi connectivity index (χ2v) is 6.37. The Balaban J connectivity index is 2.09. The van der Waals surface area contributed by atoms with E-state index in [-0.39, 0.29) is 17.7 Å². The summed E-state index contributed by atoms with van der Waals surface area (Å²) < 4.78 is 6.63. The average Bonchev–Trinajstić information content (AvgIpc) is 2.37. The van der Waals surface area contributed by atoms with Gasteiger partial charge in [0.25, 0.3) is 0 Å². The Bertz CT molecular complexity index is 519. The molecular weight excluding hydrogens is 322 g/mol. The van der Waals surface area contributed by atoms with Gasteiger partial charge >= 0.3 is 6.03 Å². The van der Waals surface area contributed by atoms with Gasteiger partial charge in [0.15, 0.2) is 0 Å². The summed E-state index contributed by atoms with van der Waals surface area (Å²) in [6, 6.07) is 3.53. The molecule has 0 aliphatic carbocycles. The zero-order valence-electron chi connectivity index (χ0n) is 12.2. The summed E-state index contributed by atoms with van der Waals surface area (Å²) in [6.07, 6.45) is 0. The average molecular weight is 342 g/mol. The smallest absolute Gasteiger partial charge is 0.323 e. The Labute approximate surface area is 127 Å². The Morgan fingerprint density at radius 3 is 2.90 bits per heavy atom. The van der Waals surface area contributed by atoms with Crippen LogP contribution in [0, 0.1) is 6.92 Å². The molecule has 5 nitrogen and oxygen atoms in total. The molecule has 1 aliphatic rings. The summed E-state index contributed by atoms with van der Waals surface area (Å²) >= 11 is 3.39. The molecule has 20 heavy (non-hydrogen) atoms. The van der Waals surface area contributed by atoms with Crippen molar-refractivity contribution in [1.29, 1.82) is 0 Å². The molecule has 0 saturated carbocycles. The molecule has 0 unspecified atom stereocenters. The Morgan fingerprint density at radius 1 is 1.55 bits per heavy atom. The highest BCUT2D eigenvalue weighted by Gasteiger charge is 2.37. The van der Waals surface area contributed by atoms with Crippen molar-refractivity contribution in [2.24, 2.45) is 0 Å². The number of carbonyl (C=O) groups is 1.